The number of benzene rings is 2. The Kier molecular flexibility index (Phi) is 9.89. The summed E-state index contributed by atoms with van der Waals surface area (Å²) in [5.41, 5.74) is 2.54. The SMILES string of the molecule is C=CC(=O)Nc1cc(Nc2cc(N3OCCC3c3cc(F)cc(F)c3)ncn2)c(OC)cc1N1CCC(N2C[C@@H](C)N(C3CC3)C[C@@H]2C)CC1. The van der Waals surface area contributed by atoms with Crippen molar-refractivity contribution < 1.29 is 23.1 Å². The molecule has 11 nitrogen and oxygen atoms in total. The second-order valence-electron chi connectivity index (χ2n) is 13.9. The number of nitrogens with zero attached hydrogens (tertiary/aromatic N) is 6. The normalized spacial score (nSPS) is 23.6. The van der Waals surface area contributed by atoms with E-state index in [-0.39, 0.29) is 5.91 Å². The number of methoxy groups -OCH3 is 1. The standard InChI is InChI=1S/C37H46F2N8O3/c1-5-37(48)43-30-17-31(42-35-19-36(41-22-40-35)47-32(10-13-50-47)25-14-26(38)16-27(39)15-25)34(49-4)18-33(30)44-11-8-29(9-12-44)46-21-23(2)45(20-24(46)3)28-6-7-28/h5,14-19,22-24,28-29,32H,1,6-13,20-21H2,2-4H3,(H,43,48)(H,40,41,42)/t23-,24+,32?/m1/s1. The molecular weight excluding hydrogens is 642 g/mol. The highest BCUT2D eigenvalue weighted by atomic mass is 19.1. The minimum absolute atomic E-state index is 0.316. The fraction of sp³-hybridized carbons (Fsp3) is 0.486. The maximum atomic E-state index is 14.0. The minimum Gasteiger partial charge on any atom is -0.494 e. The molecule has 1 aliphatic carbocycles. The number of carbonyl (C=O) groups excluding carboxylic acids is 1. The zero-order valence-electron chi connectivity index (χ0n) is 28.9. The summed E-state index contributed by atoms with van der Waals surface area (Å²) < 4.78 is 33.9. The van der Waals surface area contributed by atoms with E-state index in [0.717, 1.165) is 56.8 Å². The molecule has 0 spiro atoms. The van der Waals surface area contributed by atoms with Crippen molar-refractivity contribution in [3.8, 4) is 5.75 Å². The predicted octanol–water partition coefficient (Wildman–Crippen LogP) is 6.04. The first-order valence-electron chi connectivity index (χ1n) is 17.6. The van der Waals surface area contributed by atoms with E-state index < -0.39 is 17.7 Å². The molecule has 2 aromatic carbocycles. The minimum atomic E-state index is -0.650. The number of anilines is 5. The van der Waals surface area contributed by atoms with Crippen LogP contribution in [0.4, 0.5) is 37.5 Å². The Morgan fingerprint density at radius 3 is 2.24 bits per heavy atom. The van der Waals surface area contributed by atoms with E-state index in [2.05, 4.69) is 55.7 Å². The van der Waals surface area contributed by atoms with Gasteiger partial charge in [0.15, 0.2) is 5.82 Å². The average molecular weight is 689 g/mol. The molecule has 3 saturated heterocycles. The summed E-state index contributed by atoms with van der Waals surface area (Å²) in [6.45, 7) is 12.7. The van der Waals surface area contributed by atoms with Crippen molar-refractivity contribution in [2.45, 2.75) is 76.2 Å². The zero-order valence-corrected chi connectivity index (χ0v) is 28.9. The number of hydroxylamine groups is 1. The van der Waals surface area contributed by atoms with E-state index in [4.69, 9.17) is 9.57 Å². The van der Waals surface area contributed by atoms with Gasteiger partial charge in [-0.1, -0.05) is 6.58 Å². The molecule has 3 atom stereocenters. The molecule has 1 saturated carbocycles. The molecule has 1 aromatic heterocycles. The molecule has 2 N–H and O–H groups in total. The number of aromatic nitrogens is 2. The van der Waals surface area contributed by atoms with Crippen molar-refractivity contribution in [1.29, 1.82) is 0 Å². The van der Waals surface area contributed by atoms with Crippen LogP contribution in [0.3, 0.4) is 0 Å². The van der Waals surface area contributed by atoms with Crippen LogP contribution in [0, 0.1) is 11.6 Å². The van der Waals surface area contributed by atoms with Crippen LogP contribution < -0.4 is 25.3 Å². The number of ether oxygens (including phenoxy) is 1. The molecule has 3 aromatic rings. The number of rotatable bonds is 10. The average Bonchev–Trinajstić information content (AvgIpc) is 3.83. The molecule has 266 valence electrons. The van der Waals surface area contributed by atoms with Gasteiger partial charge in [0, 0.05) is 75.0 Å². The van der Waals surface area contributed by atoms with E-state index in [1.54, 1.807) is 18.2 Å². The molecular formula is C37H46F2N8O3. The number of nitrogens with one attached hydrogen (secondary N) is 2. The van der Waals surface area contributed by atoms with Crippen LogP contribution in [0.15, 0.2) is 55.4 Å². The van der Waals surface area contributed by atoms with Crippen LogP contribution in [0.1, 0.15) is 57.6 Å². The summed E-state index contributed by atoms with van der Waals surface area (Å²) >= 11 is 0. The van der Waals surface area contributed by atoms with E-state index in [0.29, 0.717) is 65.5 Å². The van der Waals surface area contributed by atoms with Crippen LogP contribution in [-0.4, -0.2) is 89.7 Å². The Labute approximate surface area is 292 Å². The van der Waals surface area contributed by atoms with Gasteiger partial charge in [-0.25, -0.2) is 23.8 Å². The van der Waals surface area contributed by atoms with E-state index in [1.807, 2.05) is 12.1 Å². The van der Waals surface area contributed by atoms with Crippen LogP contribution in [0.25, 0.3) is 0 Å². The monoisotopic (exact) mass is 688 g/mol. The molecule has 0 bridgehead atoms. The first-order valence-corrected chi connectivity index (χ1v) is 17.6. The lowest BCUT2D eigenvalue weighted by Gasteiger charge is -2.49. The predicted molar refractivity (Wildman–Crippen MR) is 190 cm³/mol. The van der Waals surface area contributed by atoms with Gasteiger partial charge in [0.1, 0.15) is 29.5 Å². The maximum Gasteiger partial charge on any atom is 0.247 e. The second-order valence-corrected chi connectivity index (χ2v) is 13.9. The molecule has 4 heterocycles. The Balaban J connectivity index is 1.09. The van der Waals surface area contributed by atoms with Gasteiger partial charge in [0.05, 0.1) is 36.8 Å². The smallest absolute Gasteiger partial charge is 0.247 e. The summed E-state index contributed by atoms with van der Waals surface area (Å²) in [4.78, 5) is 35.0. The summed E-state index contributed by atoms with van der Waals surface area (Å²) in [6.07, 6.45) is 7.92. The molecule has 0 radical (unpaired) electrons. The first kappa shape index (κ1) is 34.1. The van der Waals surface area contributed by atoms with Crippen LogP contribution in [0.5, 0.6) is 5.75 Å². The highest BCUT2D eigenvalue weighted by Gasteiger charge is 2.40. The Hall–Kier alpha value is -4.33. The lowest BCUT2D eigenvalue weighted by atomic mass is 9.97. The second kappa shape index (κ2) is 14.5. The number of hydrogen-bond acceptors (Lipinski definition) is 10. The van der Waals surface area contributed by atoms with Gasteiger partial charge in [0.2, 0.25) is 5.91 Å². The van der Waals surface area contributed by atoms with Gasteiger partial charge in [-0.05, 0) is 69.4 Å². The third-order valence-corrected chi connectivity index (χ3v) is 10.4. The van der Waals surface area contributed by atoms with Gasteiger partial charge >= 0.3 is 0 Å². The quantitative estimate of drug-likeness (QED) is 0.246. The number of halogens is 2. The first-order chi connectivity index (χ1) is 24.2. The number of amides is 1. The van der Waals surface area contributed by atoms with Gasteiger partial charge in [-0.3, -0.25) is 19.4 Å². The van der Waals surface area contributed by atoms with Crippen molar-refractivity contribution in [3.63, 3.8) is 0 Å². The molecule has 4 fully saturated rings. The Bertz CT molecular complexity index is 1700. The Morgan fingerprint density at radius 1 is 0.920 bits per heavy atom. The van der Waals surface area contributed by atoms with E-state index >= 15 is 0 Å². The lowest BCUT2D eigenvalue weighted by Crippen LogP contribution is -2.61. The fourth-order valence-electron chi connectivity index (χ4n) is 7.86. The van der Waals surface area contributed by atoms with Crippen molar-refractivity contribution in [1.82, 2.24) is 19.8 Å². The lowest BCUT2D eigenvalue weighted by molar-refractivity contribution is -0.111. The van der Waals surface area contributed by atoms with Crippen LogP contribution in [-0.2, 0) is 9.63 Å². The maximum absolute atomic E-state index is 14.0. The highest BCUT2D eigenvalue weighted by molar-refractivity contribution is 6.02. The van der Waals surface area contributed by atoms with Crippen molar-refractivity contribution in [2.24, 2.45) is 0 Å². The van der Waals surface area contributed by atoms with Crippen molar-refractivity contribution >= 4 is 34.6 Å². The van der Waals surface area contributed by atoms with Gasteiger partial charge < -0.3 is 20.3 Å². The summed E-state index contributed by atoms with van der Waals surface area (Å²) in [7, 11) is 1.61. The molecule has 1 unspecified atom stereocenters. The largest absolute Gasteiger partial charge is 0.494 e. The zero-order chi connectivity index (χ0) is 34.9. The molecule has 3 aliphatic heterocycles. The van der Waals surface area contributed by atoms with Gasteiger partial charge in [-0.15, -0.1) is 0 Å². The summed E-state index contributed by atoms with van der Waals surface area (Å²) in [5.74, 6) is -0.184. The van der Waals surface area contributed by atoms with Crippen LogP contribution in [0.2, 0.25) is 0 Å². The van der Waals surface area contributed by atoms with Crippen LogP contribution >= 0.6 is 0 Å². The molecule has 7 rings (SSSR count). The van der Waals surface area contributed by atoms with Crippen molar-refractivity contribution in [2.75, 3.05) is 60.5 Å². The number of piperidine rings is 1. The van der Waals surface area contributed by atoms with E-state index in [9.17, 15) is 13.6 Å². The highest BCUT2D eigenvalue weighted by Crippen LogP contribution is 2.41. The number of piperazine rings is 1. The molecule has 1 amide bonds. The van der Waals surface area contributed by atoms with Gasteiger partial charge in [-0.2, -0.15) is 0 Å². The number of hydrogen-bond donors (Lipinski definition) is 2. The summed E-state index contributed by atoms with van der Waals surface area (Å²) in [6, 6.07) is 10.9. The third-order valence-electron chi connectivity index (χ3n) is 10.4. The summed E-state index contributed by atoms with van der Waals surface area (Å²) in [5, 5.41) is 7.86. The topological polar surface area (TPSA) is 98.3 Å². The number of carbonyl (C=O) groups is 1. The molecule has 4 aliphatic rings. The van der Waals surface area contributed by atoms with Crippen molar-refractivity contribution in [3.05, 3.63) is 72.6 Å². The van der Waals surface area contributed by atoms with E-state index in [1.165, 1.54) is 37.4 Å². The van der Waals surface area contributed by atoms with Gasteiger partial charge in [0.25, 0.3) is 0 Å². The molecule has 50 heavy (non-hydrogen) atoms. The Morgan fingerprint density at radius 2 is 1.60 bits per heavy atom. The fourth-order valence-corrected chi connectivity index (χ4v) is 7.86. The third kappa shape index (κ3) is 7.26. The molecule has 13 heteroatoms.